The predicted octanol–water partition coefficient (Wildman–Crippen LogP) is 4.05. The molecule has 0 saturated heterocycles. The van der Waals surface area contributed by atoms with E-state index in [0.29, 0.717) is 10.8 Å². The molecule has 0 heterocycles. The fraction of sp³-hybridized carbons (Fsp3) is 0.0714. The lowest BCUT2D eigenvalue weighted by Gasteiger charge is -2.08. The fourth-order valence-electron chi connectivity index (χ4n) is 1.69. The number of nitro groups is 1. The maximum absolute atomic E-state index is 11.0. The van der Waals surface area contributed by atoms with Gasteiger partial charge in [0.2, 0.25) is 5.75 Å². The number of aryl methyl sites for hydroxylation is 1. The first kappa shape index (κ1) is 14.8. The Bertz CT molecular complexity index is 729. The number of nitrogens with zero attached hydrogens (tertiary/aromatic N) is 1. The van der Waals surface area contributed by atoms with Crippen LogP contribution in [0.4, 0.5) is 5.69 Å². The molecular formula is C14H10ClNO5. The van der Waals surface area contributed by atoms with Gasteiger partial charge >= 0.3 is 11.7 Å². The smallest absolute Gasteiger partial charge is 0.335 e. The minimum absolute atomic E-state index is 0.0354. The van der Waals surface area contributed by atoms with Crippen molar-refractivity contribution in [3.05, 3.63) is 62.7 Å². The van der Waals surface area contributed by atoms with Gasteiger partial charge in [0.1, 0.15) is 5.75 Å². The third kappa shape index (κ3) is 3.29. The fourth-order valence-corrected chi connectivity index (χ4v) is 1.80. The Labute approximate surface area is 124 Å². The van der Waals surface area contributed by atoms with Gasteiger partial charge in [-0.1, -0.05) is 11.6 Å². The molecule has 0 bridgehead atoms. The van der Waals surface area contributed by atoms with Gasteiger partial charge < -0.3 is 9.84 Å². The van der Waals surface area contributed by atoms with E-state index in [2.05, 4.69) is 0 Å². The summed E-state index contributed by atoms with van der Waals surface area (Å²) >= 11 is 5.89. The second-order valence-electron chi connectivity index (χ2n) is 4.26. The Balaban J connectivity index is 2.41. The third-order valence-corrected chi connectivity index (χ3v) is 3.18. The third-order valence-electron chi connectivity index (χ3n) is 2.76. The van der Waals surface area contributed by atoms with Gasteiger partial charge in [0.15, 0.2) is 0 Å². The number of ether oxygens (including phenoxy) is 1. The van der Waals surface area contributed by atoms with Crippen molar-refractivity contribution in [3.63, 3.8) is 0 Å². The van der Waals surface area contributed by atoms with Crippen LogP contribution >= 0.6 is 11.6 Å². The monoisotopic (exact) mass is 307 g/mol. The first-order valence-electron chi connectivity index (χ1n) is 5.84. The minimum Gasteiger partial charge on any atom is -0.478 e. The number of halogens is 1. The maximum Gasteiger partial charge on any atom is 0.335 e. The summed E-state index contributed by atoms with van der Waals surface area (Å²) in [6, 6.07) is 8.28. The zero-order valence-electron chi connectivity index (χ0n) is 10.9. The number of hydrogen-bond donors (Lipinski definition) is 1. The summed E-state index contributed by atoms with van der Waals surface area (Å²) in [5.41, 5.74) is 0.169. The lowest BCUT2D eigenvalue weighted by molar-refractivity contribution is -0.385. The Morgan fingerprint density at radius 1 is 1.29 bits per heavy atom. The van der Waals surface area contributed by atoms with Crippen LogP contribution in [0.2, 0.25) is 5.02 Å². The molecule has 0 aromatic heterocycles. The molecule has 0 amide bonds. The first-order chi connectivity index (χ1) is 9.88. The van der Waals surface area contributed by atoms with Gasteiger partial charge in [-0.05, 0) is 42.8 Å². The zero-order valence-corrected chi connectivity index (χ0v) is 11.6. The van der Waals surface area contributed by atoms with E-state index >= 15 is 0 Å². The van der Waals surface area contributed by atoms with Crippen LogP contribution in [-0.4, -0.2) is 16.0 Å². The van der Waals surface area contributed by atoms with E-state index in [-0.39, 0.29) is 11.3 Å². The van der Waals surface area contributed by atoms with Crippen molar-refractivity contribution < 1.29 is 19.6 Å². The molecule has 21 heavy (non-hydrogen) atoms. The van der Waals surface area contributed by atoms with E-state index in [1.54, 1.807) is 25.1 Å². The number of carbonyl (C=O) groups is 1. The Morgan fingerprint density at radius 2 is 2.00 bits per heavy atom. The Kier molecular flexibility index (Phi) is 4.09. The van der Waals surface area contributed by atoms with Gasteiger partial charge in [-0.3, -0.25) is 10.1 Å². The van der Waals surface area contributed by atoms with Crippen molar-refractivity contribution in [2.45, 2.75) is 6.92 Å². The normalized spacial score (nSPS) is 10.2. The van der Waals surface area contributed by atoms with Gasteiger partial charge in [-0.25, -0.2) is 4.79 Å². The highest BCUT2D eigenvalue weighted by Gasteiger charge is 2.19. The molecule has 7 heteroatoms. The Morgan fingerprint density at radius 3 is 2.57 bits per heavy atom. The van der Waals surface area contributed by atoms with Crippen molar-refractivity contribution in [2.24, 2.45) is 0 Å². The molecule has 0 radical (unpaired) electrons. The second-order valence-corrected chi connectivity index (χ2v) is 4.67. The lowest BCUT2D eigenvalue weighted by atomic mass is 10.2. The highest BCUT2D eigenvalue weighted by molar-refractivity contribution is 6.31. The number of aromatic carboxylic acids is 1. The predicted molar refractivity (Wildman–Crippen MR) is 76.3 cm³/mol. The summed E-state index contributed by atoms with van der Waals surface area (Å²) < 4.78 is 5.45. The SMILES string of the molecule is Cc1cc(Oc2ccc(C(=O)O)cc2[N+](=O)[O-])ccc1Cl. The van der Waals surface area contributed by atoms with Crippen LogP contribution < -0.4 is 4.74 Å². The van der Waals surface area contributed by atoms with Crippen molar-refractivity contribution >= 4 is 23.3 Å². The molecule has 0 aliphatic heterocycles. The largest absolute Gasteiger partial charge is 0.478 e. The molecule has 0 aliphatic rings. The summed E-state index contributed by atoms with van der Waals surface area (Å²) in [4.78, 5) is 21.2. The van der Waals surface area contributed by atoms with E-state index in [1.165, 1.54) is 12.1 Å². The van der Waals surface area contributed by atoms with E-state index < -0.39 is 16.6 Å². The van der Waals surface area contributed by atoms with Crippen molar-refractivity contribution in [2.75, 3.05) is 0 Å². The van der Waals surface area contributed by atoms with Crippen LogP contribution in [0.25, 0.3) is 0 Å². The molecule has 0 saturated carbocycles. The molecule has 1 N–H and O–H groups in total. The van der Waals surface area contributed by atoms with Crippen molar-refractivity contribution in [3.8, 4) is 11.5 Å². The van der Waals surface area contributed by atoms with Gasteiger partial charge in [0.25, 0.3) is 0 Å². The van der Waals surface area contributed by atoms with Crippen LogP contribution in [0.5, 0.6) is 11.5 Å². The summed E-state index contributed by atoms with van der Waals surface area (Å²) in [6.07, 6.45) is 0. The molecule has 2 rings (SSSR count). The van der Waals surface area contributed by atoms with Crippen LogP contribution in [-0.2, 0) is 0 Å². The van der Waals surface area contributed by atoms with Gasteiger partial charge in [0.05, 0.1) is 10.5 Å². The molecule has 0 unspecified atom stereocenters. The lowest BCUT2D eigenvalue weighted by Crippen LogP contribution is -2.00. The number of carboxylic acid groups (broad SMARTS) is 1. The summed E-state index contributed by atoms with van der Waals surface area (Å²) in [5.74, 6) is -0.901. The molecule has 0 aliphatic carbocycles. The molecule has 0 atom stereocenters. The highest BCUT2D eigenvalue weighted by Crippen LogP contribution is 2.33. The van der Waals surface area contributed by atoms with E-state index in [4.69, 9.17) is 21.4 Å². The number of rotatable bonds is 4. The molecule has 108 valence electrons. The summed E-state index contributed by atoms with van der Waals surface area (Å²) in [5, 5.41) is 20.4. The molecule has 2 aromatic rings. The summed E-state index contributed by atoms with van der Waals surface area (Å²) in [6.45, 7) is 1.77. The van der Waals surface area contributed by atoms with E-state index in [9.17, 15) is 14.9 Å². The van der Waals surface area contributed by atoms with Crippen LogP contribution in [0, 0.1) is 17.0 Å². The maximum atomic E-state index is 11.0. The number of carboxylic acids is 1. The molecule has 6 nitrogen and oxygen atoms in total. The molecule has 0 spiro atoms. The van der Waals surface area contributed by atoms with Gasteiger partial charge in [0, 0.05) is 11.1 Å². The van der Waals surface area contributed by atoms with Crippen molar-refractivity contribution in [1.82, 2.24) is 0 Å². The first-order valence-corrected chi connectivity index (χ1v) is 6.22. The second kappa shape index (κ2) is 5.80. The van der Waals surface area contributed by atoms with Gasteiger partial charge in [-0.15, -0.1) is 0 Å². The Hall–Kier alpha value is -2.60. The average molecular weight is 308 g/mol. The van der Waals surface area contributed by atoms with E-state index in [0.717, 1.165) is 11.6 Å². The quantitative estimate of drug-likeness (QED) is 0.680. The average Bonchev–Trinajstić information content (AvgIpc) is 2.43. The van der Waals surface area contributed by atoms with E-state index in [1.807, 2.05) is 0 Å². The minimum atomic E-state index is -1.24. The number of nitro benzene ring substituents is 1. The summed E-state index contributed by atoms with van der Waals surface area (Å²) in [7, 11) is 0. The van der Waals surface area contributed by atoms with Crippen LogP contribution in [0.3, 0.4) is 0 Å². The van der Waals surface area contributed by atoms with Crippen LogP contribution in [0.15, 0.2) is 36.4 Å². The standard InChI is InChI=1S/C14H10ClNO5/c1-8-6-10(3-4-11(8)15)21-13-5-2-9(14(17)18)7-12(13)16(19)20/h2-7H,1H3,(H,17,18). The van der Waals surface area contributed by atoms with Gasteiger partial charge in [-0.2, -0.15) is 0 Å². The highest BCUT2D eigenvalue weighted by atomic mass is 35.5. The number of hydrogen-bond acceptors (Lipinski definition) is 4. The molecule has 0 fully saturated rings. The topological polar surface area (TPSA) is 89.7 Å². The molecule has 2 aromatic carbocycles. The molecular weight excluding hydrogens is 298 g/mol. The zero-order chi connectivity index (χ0) is 15.6. The van der Waals surface area contributed by atoms with Crippen LogP contribution in [0.1, 0.15) is 15.9 Å². The number of benzene rings is 2. The van der Waals surface area contributed by atoms with Crippen molar-refractivity contribution in [1.29, 1.82) is 0 Å².